The molecule has 2 heterocycles. The van der Waals surface area contributed by atoms with E-state index in [1.807, 2.05) is 19.2 Å². The lowest BCUT2D eigenvalue weighted by Gasteiger charge is -2.31. The zero-order valence-corrected chi connectivity index (χ0v) is 23.6. The van der Waals surface area contributed by atoms with Gasteiger partial charge in [0.05, 0.1) is 18.3 Å². The SMILES string of the molecule is CC(C)n1nccc1C(=O)N[C@@H](C(=O)Nc1ccc([C@@H](C)N2C[C@@H](C(F)(F)F)NC2=O)cc1F)C1CCC(=C(F)F)CC1. The summed E-state index contributed by atoms with van der Waals surface area (Å²) < 4.78 is 82.1. The van der Waals surface area contributed by atoms with Crippen molar-refractivity contribution in [2.75, 3.05) is 11.9 Å². The van der Waals surface area contributed by atoms with Gasteiger partial charge < -0.3 is 20.9 Å². The van der Waals surface area contributed by atoms with Crippen molar-refractivity contribution >= 4 is 23.5 Å². The molecule has 1 aromatic heterocycles. The number of allylic oxidation sites excluding steroid dienone is 1. The number of halogens is 6. The Kier molecular flexibility index (Phi) is 9.40. The third kappa shape index (κ3) is 7.13. The standard InChI is InChI=1S/C28H32F6N6O3/c1-14(2)40-21(10-11-35-40)25(41)38-23(16-4-6-17(7-5-16)24(30)31)26(42)36-20-9-8-18(12-19(20)29)15(3)39-13-22(28(32,33)34)37-27(39)43/h8-12,14-16,22-23H,4-7,13H2,1-3H3,(H,36,42)(H,37,43)(H,38,41)/t15-,22+,23-/m1/s1. The van der Waals surface area contributed by atoms with Crippen molar-refractivity contribution in [1.82, 2.24) is 25.3 Å². The molecule has 1 saturated heterocycles. The lowest BCUT2D eigenvalue weighted by atomic mass is 9.81. The molecule has 4 amide bonds. The minimum Gasteiger partial charge on any atom is -0.339 e. The highest BCUT2D eigenvalue weighted by Crippen LogP contribution is 2.34. The van der Waals surface area contributed by atoms with Crippen LogP contribution in [0.15, 0.2) is 42.1 Å². The molecule has 1 saturated carbocycles. The second-order valence-corrected chi connectivity index (χ2v) is 11.0. The lowest BCUT2D eigenvalue weighted by molar-refractivity contribution is -0.150. The van der Waals surface area contributed by atoms with E-state index < -0.39 is 66.5 Å². The van der Waals surface area contributed by atoms with E-state index in [-0.39, 0.29) is 54.2 Å². The zero-order valence-electron chi connectivity index (χ0n) is 23.6. The van der Waals surface area contributed by atoms with Gasteiger partial charge in [-0.1, -0.05) is 6.07 Å². The van der Waals surface area contributed by atoms with Crippen molar-refractivity contribution in [3.8, 4) is 0 Å². The van der Waals surface area contributed by atoms with Crippen molar-refractivity contribution in [3.63, 3.8) is 0 Å². The first-order valence-electron chi connectivity index (χ1n) is 13.8. The van der Waals surface area contributed by atoms with Gasteiger partial charge in [-0.2, -0.15) is 27.1 Å². The van der Waals surface area contributed by atoms with Crippen LogP contribution in [-0.2, 0) is 4.79 Å². The summed E-state index contributed by atoms with van der Waals surface area (Å²) in [5.41, 5.74) is 0.101. The summed E-state index contributed by atoms with van der Waals surface area (Å²) in [6, 6.07) is -0.212. The van der Waals surface area contributed by atoms with Crippen LogP contribution in [0.25, 0.3) is 0 Å². The monoisotopic (exact) mass is 614 g/mol. The van der Waals surface area contributed by atoms with Crippen molar-refractivity contribution < 1.29 is 40.7 Å². The van der Waals surface area contributed by atoms with Crippen LogP contribution >= 0.6 is 0 Å². The van der Waals surface area contributed by atoms with Crippen molar-refractivity contribution in [1.29, 1.82) is 0 Å². The van der Waals surface area contributed by atoms with Crippen LogP contribution < -0.4 is 16.0 Å². The van der Waals surface area contributed by atoms with Crippen LogP contribution in [0.3, 0.4) is 0 Å². The third-order valence-corrected chi connectivity index (χ3v) is 7.87. The number of nitrogens with zero attached hydrogens (tertiary/aromatic N) is 3. The van der Waals surface area contributed by atoms with Gasteiger partial charge in [0.1, 0.15) is 23.6 Å². The van der Waals surface area contributed by atoms with Gasteiger partial charge in [-0.05, 0) is 81.7 Å². The van der Waals surface area contributed by atoms with Gasteiger partial charge in [0.15, 0.2) is 0 Å². The Morgan fingerprint density at radius 3 is 2.33 bits per heavy atom. The molecule has 3 atom stereocenters. The Morgan fingerprint density at radius 2 is 1.77 bits per heavy atom. The number of rotatable bonds is 8. The zero-order chi connectivity index (χ0) is 31.6. The van der Waals surface area contributed by atoms with E-state index in [0.717, 1.165) is 11.0 Å². The van der Waals surface area contributed by atoms with E-state index in [1.165, 1.54) is 36.0 Å². The number of amides is 4. The number of hydrogen-bond donors (Lipinski definition) is 3. The number of carbonyl (C=O) groups is 3. The number of carbonyl (C=O) groups excluding carboxylic acids is 3. The van der Waals surface area contributed by atoms with Crippen molar-refractivity contribution in [2.24, 2.45) is 5.92 Å². The Balaban J connectivity index is 1.52. The summed E-state index contributed by atoms with van der Waals surface area (Å²) >= 11 is 0. The normalized spacial score (nSPS) is 20.6. The van der Waals surface area contributed by atoms with Gasteiger partial charge in [-0.3, -0.25) is 14.3 Å². The predicted octanol–water partition coefficient (Wildman–Crippen LogP) is 5.70. The van der Waals surface area contributed by atoms with Gasteiger partial charge in [0.2, 0.25) is 5.91 Å². The first kappa shape index (κ1) is 31.9. The van der Waals surface area contributed by atoms with Crippen LogP contribution in [0.5, 0.6) is 0 Å². The van der Waals surface area contributed by atoms with Gasteiger partial charge in [0.25, 0.3) is 12.0 Å². The molecule has 2 aromatic rings. The molecule has 2 fully saturated rings. The van der Waals surface area contributed by atoms with Gasteiger partial charge in [-0.15, -0.1) is 0 Å². The van der Waals surface area contributed by atoms with Gasteiger partial charge in [-0.25, -0.2) is 9.18 Å². The van der Waals surface area contributed by atoms with E-state index >= 15 is 4.39 Å². The molecule has 2 aliphatic rings. The summed E-state index contributed by atoms with van der Waals surface area (Å²) in [6.45, 7) is 4.43. The number of aromatic nitrogens is 2. The third-order valence-electron chi connectivity index (χ3n) is 7.87. The first-order chi connectivity index (χ1) is 20.2. The summed E-state index contributed by atoms with van der Waals surface area (Å²) in [6.07, 6.45) is -4.53. The van der Waals surface area contributed by atoms with Crippen LogP contribution in [-0.4, -0.2) is 57.3 Å². The molecule has 0 bridgehead atoms. The van der Waals surface area contributed by atoms with E-state index in [9.17, 15) is 36.3 Å². The Morgan fingerprint density at radius 1 is 1.09 bits per heavy atom. The summed E-state index contributed by atoms with van der Waals surface area (Å²) in [5.74, 6) is -2.83. The lowest BCUT2D eigenvalue weighted by Crippen LogP contribution is -2.49. The van der Waals surface area contributed by atoms with Crippen molar-refractivity contribution in [3.05, 3.63) is 59.2 Å². The fourth-order valence-corrected chi connectivity index (χ4v) is 5.39. The maximum Gasteiger partial charge on any atom is 0.410 e. The molecule has 4 rings (SSSR count). The smallest absolute Gasteiger partial charge is 0.339 e. The molecule has 1 aliphatic heterocycles. The highest BCUT2D eigenvalue weighted by atomic mass is 19.4. The molecule has 234 valence electrons. The topological polar surface area (TPSA) is 108 Å². The second-order valence-electron chi connectivity index (χ2n) is 11.0. The molecule has 0 spiro atoms. The van der Waals surface area contributed by atoms with E-state index in [2.05, 4.69) is 15.7 Å². The van der Waals surface area contributed by atoms with Gasteiger partial charge >= 0.3 is 12.2 Å². The molecular formula is C28H32F6N6O3. The fourth-order valence-electron chi connectivity index (χ4n) is 5.39. The number of benzene rings is 1. The van der Waals surface area contributed by atoms with Gasteiger partial charge in [0, 0.05) is 12.2 Å². The highest BCUT2D eigenvalue weighted by molar-refractivity contribution is 6.00. The van der Waals surface area contributed by atoms with E-state index in [4.69, 9.17) is 0 Å². The predicted molar refractivity (Wildman–Crippen MR) is 144 cm³/mol. The quantitative estimate of drug-likeness (QED) is 0.332. The number of nitrogens with one attached hydrogen (secondary N) is 3. The van der Waals surface area contributed by atoms with Crippen LogP contribution in [0.2, 0.25) is 0 Å². The largest absolute Gasteiger partial charge is 0.410 e. The fraction of sp³-hybridized carbons (Fsp3) is 0.500. The maximum atomic E-state index is 15.2. The van der Waals surface area contributed by atoms with Crippen molar-refractivity contribution in [2.45, 2.75) is 76.8 Å². The van der Waals surface area contributed by atoms with Crippen LogP contribution in [0, 0.1) is 11.7 Å². The highest BCUT2D eigenvalue weighted by Gasteiger charge is 2.48. The minimum absolute atomic E-state index is 0.0105. The molecule has 15 heteroatoms. The van der Waals surface area contributed by atoms with E-state index in [0.29, 0.717) is 0 Å². The number of urea groups is 1. The Bertz CT molecular complexity index is 1390. The molecule has 3 N–H and O–H groups in total. The molecule has 0 unspecified atom stereocenters. The number of hydrogen-bond acceptors (Lipinski definition) is 4. The Hall–Kier alpha value is -4.04. The second kappa shape index (κ2) is 12.7. The number of anilines is 1. The van der Waals surface area contributed by atoms with Crippen LogP contribution in [0.4, 0.5) is 36.8 Å². The summed E-state index contributed by atoms with van der Waals surface area (Å²) in [7, 11) is 0. The summed E-state index contributed by atoms with van der Waals surface area (Å²) in [4.78, 5) is 39.7. The summed E-state index contributed by atoms with van der Waals surface area (Å²) in [5, 5.41) is 11.1. The molecule has 0 radical (unpaired) electrons. The minimum atomic E-state index is -4.64. The first-order valence-corrected chi connectivity index (χ1v) is 13.8. The average molecular weight is 615 g/mol. The Labute approximate surface area is 243 Å². The van der Waals surface area contributed by atoms with E-state index in [1.54, 1.807) is 0 Å². The molecule has 1 aliphatic carbocycles. The van der Waals surface area contributed by atoms with Crippen LogP contribution in [0.1, 0.15) is 74.6 Å². The molecule has 43 heavy (non-hydrogen) atoms. The maximum absolute atomic E-state index is 15.2. The molecular weight excluding hydrogens is 582 g/mol. The average Bonchev–Trinajstić information content (AvgIpc) is 3.60. The number of alkyl halides is 3. The molecule has 9 nitrogen and oxygen atoms in total. The molecule has 1 aromatic carbocycles.